The Morgan fingerprint density at radius 2 is 1.95 bits per heavy atom. The lowest BCUT2D eigenvalue weighted by Gasteiger charge is -2.22. The standard InChI is InChI=1S/C14H22N2O2S/c1-10(2)8-19-9-12(16-15)11-3-4-13-14(7-11)18-6-5-17-13/h3-4,7,10,12,16H,5-6,8-9,15H2,1-2H3. The quantitative estimate of drug-likeness (QED) is 0.619. The third-order valence-corrected chi connectivity index (χ3v) is 4.38. The molecule has 2 rings (SSSR count). The molecule has 19 heavy (non-hydrogen) atoms. The van der Waals surface area contributed by atoms with Crippen LogP contribution < -0.4 is 20.7 Å². The summed E-state index contributed by atoms with van der Waals surface area (Å²) in [4.78, 5) is 0. The first kappa shape index (κ1) is 14.5. The zero-order valence-corrected chi connectivity index (χ0v) is 12.3. The average Bonchev–Trinajstić information content (AvgIpc) is 2.43. The largest absolute Gasteiger partial charge is 0.486 e. The van der Waals surface area contributed by atoms with Crippen LogP contribution in [0, 0.1) is 5.92 Å². The van der Waals surface area contributed by atoms with Crippen LogP contribution in [0.15, 0.2) is 18.2 Å². The lowest BCUT2D eigenvalue weighted by Crippen LogP contribution is -2.30. The fourth-order valence-electron chi connectivity index (χ4n) is 1.94. The SMILES string of the molecule is CC(C)CSCC(NN)c1ccc2c(c1)OCCO2. The molecule has 5 heteroatoms. The average molecular weight is 282 g/mol. The van der Waals surface area contributed by atoms with E-state index in [1.807, 2.05) is 30.0 Å². The fourth-order valence-corrected chi connectivity index (χ4v) is 3.07. The van der Waals surface area contributed by atoms with E-state index >= 15 is 0 Å². The summed E-state index contributed by atoms with van der Waals surface area (Å²) in [5, 5.41) is 0. The monoisotopic (exact) mass is 282 g/mol. The number of hydrogen-bond acceptors (Lipinski definition) is 5. The minimum Gasteiger partial charge on any atom is -0.486 e. The minimum atomic E-state index is 0.138. The van der Waals surface area contributed by atoms with E-state index in [2.05, 4.69) is 19.3 Å². The summed E-state index contributed by atoms with van der Waals surface area (Å²) in [6, 6.07) is 6.17. The first-order chi connectivity index (χ1) is 9.20. The normalized spacial score (nSPS) is 15.6. The predicted molar refractivity (Wildman–Crippen MR) is 79.7 cm³/mol. The highest BCUT2D eigenvalue weighted by Crippen LogP contribution is 2.33. The Kier molecular flexibility index (Phi) is 5.36. The van der Waals surface area contributed by atoms with E-state index in [9.17, 15) is 0 Å². The van der Waals surface area contributed by atoms with Crippen molar-refractivity contribution in [2.24, 2.45) is 11.8 Å². The number of nitrogens with one attached hydrogen (secondary N) is 1. The maximum atomic E-state index is 5.66. The molecule has 0 aliphatic carbocycles. The van der Waals surface area contributed by atoms with Gasteiger partial charge in [0.25, 0.3) is 0 Å². The number of nitrogens with two attached hydrogens (primary N) is 1. The van der Waals surface area contributed by atoms with Gasteiger partial charge in [0.2, 0.25) is 0 Å². The van der Waals surface area contributed by atoms with Crippen LogP contribution in [-0.4, -0.2) is 24.7 Å². The van der Waals surface area contributed by atoms with Gasteiger partial charge in [-0.2, -0.15) is 11.8 Å². The third kappa shape index (κ3) is 4.03. The molecule has 1 aromatic carbocycles. The van der Waals surface area contributed by atoms with Gasteiger partial charge in [-0.05, 0) is 29.4 Å². The molecular weight excluding hydrogens is 260 g/mol. The van der Waals surface area contributed by atoms with Crippen LogP contribution >= 0.6 is 11.8 Å². The second-order valence-electron chi connectivity index (χ2n) is 5.05. The van der Waals surface area contributed by atoms with Gasteiger partial charge in [-0.15, -0.1) is 0 Å². The van der Waals surface area contributed by atoms with E-state index in [4.69, 9.17) is 15.3 Å². The fraction of sp³-hybridized carbons (Fsp3) is 0.571. The van der Waals surface area contributed by atoms with Crippen molar-refractivity contribution < 1.29 is 9.47 Å². The molecule has 0 saturated heterocycles. The molecule has 0 spiro atoms. The zero-order chi connectivity index (χ0) is 13.7. The highest BCUT2D eigenvalue weighted by Gasteiger charge is 2.16. The highest BCUT2D eigenvalue weighted by molar-refractivity contribution is 7.99. The Morgan fingerprint density at radius 1 is 1.21 bits per heavy atom. The lowest BCUT2D eigenvalue weighted by molar-refractivity contribution is 0.171. The van der Waals surface area contributed by atoms with E-state index < -0.39 is 0 Å². The summed E-state index contributed by atoms with van der Waals surface area (Å²) in [7, 11) is 0. The van der Waals surface area contributed by atoms with Crippen molar-refractivity contribution in [2.45, 2.75) is 19.9 Å². The van der Waals surface area contributed by atoms with Gasteiger partial charge in [0.05, 0.1) is 6.04 Å². The van der Waals surface area contributed by atoms with Crippen LogP contribution in [-0.2, 0) is 0 Å². The van der Waals surface area contributed by atoms with Crippen molar-refractivity contribution in [3.63, 3.8) is 0 Å². The van der Waals surface area contributed by atoms with E-state index in [0.29, 0.717) is 19.1 Å². The summed E-state index contributed by atoms with van der Waals surface area (Å²) in [6.45, 7) is 5.68. The van der Waals surface area contributed by atoms with Gasteiger partial charge in [0, 0.05) is 5.75 Å². The Balaban J connectivity index is 2.01. The molecule has 106 valence electrons. The van der Waals surface area contributed by atoms with Crippen LogP contribution in [0.25, 0.3) is 0 Å². The van der Waals surface area contributed by atoms with Gasteiger partial charge < -0.3 is 9.47 Å². The minimum absolute atomic E-state index is 0.138. The molecule has 1 unspecified atom stereocenters. The molecule has 1 atom stereocenters. The topological polar surface area (TPSA) is 56.5 Å². The molecule has 3 N–H and O–H groups in total. The molecule has 0 fully saturated rings. The maximum absolute atomic E-state index is 5.66. The summed E-state index contributed by atoms with van der Waals surface area (Å²) in [5.74, 6) is 10.1. The molecule has 1 aromatic rings. The van der Waals surface area contributed by atoms with Crippen LogP contribution in [0.1, 0.15) is 25.5 Å². The van der Waals surface area contributed by atoms with E-state index in [-0.39, 0.29) is 6.04 Å². The van der Waals surface area contributed by atoms with Crippen LogP contribution in [0.2, 0.25) is 0 Å². The number of hydrogen-bond donors (Lipinski definition) is 2. The molecule has 0 amide bonds. The van der Waals surface area contributed by atoms with Crippen LogP contribution in [0.4, 0.5) is 0 Å². The second-order valence-corrected chi connectivity index (χ2v) is 6.13. The summed E-state index contributed by atoms with van der Waals surface area (Å²) in [5.41, 5.74) is 4.02. The molecule has 1 heterocycles. The second kappa shape index (κ2) is 7.03. The summed E-state index contributed by atoms with van der Waals surface area (Å²) >= 11 is 1.91. The molecule has 4 nitrogen and oxygen atoms in total. The zero-order valence-electron chi connectivity index (χ0n) is 11.5. The van der Waals surface area contributed by atoms with E-state index in [0.717, 1.165) is 28.6 Å². The smallest absolute Gasteiger partial charge is 0.161 e. The van der Waals surface area contributed by atoms with Gasteiger partial charge in [-0.25, -0.2) is 0 Å². The van der Waals surface area contributed by atoms with Crippen molar-refractivity contribution in [3.8, 4) is 11.5 Å². The highest BCUT2D eigenvalue weighted by atomic mass is 32.2. The number of benzene rings is 1. The maximum Gasteiger partial charge on any atom is 0.161 e. The van der Waals surface area contributed by atoms with Gasteiger partial charge in [0.15, 0.2) is 11.5 Å². The van der Waals surface area contributed by atoms with E-state index in [1.165, 1.54) is 0 Å². The number of ether oxygens (including phenoxy) is 2. The Hall–Kier alpha value is -0.910. The molecule has 1 aliphatic rings. The number of thioether (sulfide) groups is 1. The molecule has 0 aromatic heterocycles. The summed E-state index contributed by atoms with van der Waals surface area (Å²) in [6.07, 6.45) is 0. The third-order valence-electron chi connectivity index (χ3n) is 2.91. The number of hydrazine groups is 1. The van der Waals surface area contributed by atoms with Crippen molar-refractivity contribution in [1.82, 2.24) is 5.43 Å². The lowest BCUT2D eigenvalue weighted by atomic mass is 10.1. The number of rotatable bonds is 6. The first-order valence-electron chi connectivity index (χ1n) is 6.64. The van der Waals surface area contributed by atoms with Crippen LogP contribution in [0.3, 0.4) is 0 Å². The van der Waals surface area contributed by atoms with E-state index in [1.54, 1.807) is 0 Å². The molecule has 1 aliphatic heterocycles. The number of fused-ring (bicyclic) bond motifs is 1. The molecule has 0 bridgehead atoms. The molecule has 0 saturated carbocycles. The van der Waals surface area contributed by atoms with Gasteiger partial charge >= 0.3 is 0 Å². The van der Waals surface area contributed by atoms with Crippen molar-refractivity contribution >= 4 is 11.8 Å². The predicted octanol–water partition coefficient (Wildman–Crippen LogP) is 2.35. The van der Waals surface area contributed by atoms with Gasteiger partial charge in [-0.1, -0.05) is 19.9 Å². The van der Waals surface area contributed by atoms with Gasteiger partial charge in [-0.3, -0.25) is 11.3 Å². The molecular formula is C14H22N2O2S. The Bertz CT molecular complexity index is 412. The molecule has 0 radical (unpaired) electrons. The van der Waals surface area contributed by atoms with Crippen molar-refractivity contribution in [1.29, 1.82) is 0 Å². The summed E-state index contributed by atoms with van der Waals surface area (Å²) < 4.78 is 11.1. The van der Waals surface area contributed by atoms with Crippen molar-refractivity contribution in [2.75, 3.05) is 24.7 Å². The Labute approximate surface area is 119 Å². The Morgan fingerprint density at radius 3 is 2.63 bits per heavy atom. The van der Waals surface area contributed by atoms with Crippen LogP contribution in [0.5, 0.6) is 11.5 Å². The first-order valence-corrected chi connectivity index (χ1v) is 7.79. The van der Waals surface area contributed by atoms with Crippen molar-refractivity contribution in [3.05, 3.63) is 23.8 Å². The van der Waals surface area contributed by atoms with Gasteiger partial charge in [0.1, 0.15) is 13.2 Å².